The predicted octanol–water partition coefficient (Wildman–Crippen LogP) is 2.60. The minimum absolute atomic E-state index is 0.212. The number of para-hydroxylation sites is 1. The second-order valence-corrected chi connectivity index (χ2v) is 11.0. The van der Waals surface area contributed by atoms with E-state index in [1.807, 2.05) is 48.2 Å². The maximum Gasteiger partial charge on any atom is 0.249 e. The number of carbonyl (C=O) groups excluding carboxylic acids is 1. The van der Waals surface area contributed by atoms with Crippen molar-refractivity contribution in [3.63, 3.8) is 0 Å². The molecule has 38 heavy (non-hydrogen) atoms. The molecule has 1 fully saturated rings. The van der Waals surface area contributed by atoms with Gasteiger partial charge < -0.3 is 15.1 Å². The van der Waals surface area contributed by atoms with Crippen LogP contribution in [0.5, 0.6) is 0 Å². The Kier molecular flexibility index (Phi) is 6.44. The number of benzene rings is 1. The van der Waals surface area contributed by atoms with E-state index in [1.54, 1.807) is 12.4 Å². The van der Waals surface area contributed by atoms with E-state index >= 15 is 0 Å². The number of amides is 1. The number of nitrogens with one attached hydrogen (secondary N) is 1. The van der Waals surface area contributed by atoms with E-state index < -0.39 is 5.21 Å². The molecule has 1 N–H and O–H groups in total. The highest BCUT2D eigenvalue weighted by Crippen LogP contribution is 2.56. The standard InChI is InChI=1S/C27H27B2N7OS/c1-17-14-31-18(15-30-17)16-32-25(37)23-26-36(20-6-3-4-7-21(20)38-26)24-19(27(23,28)29)8-9-22(33-24)35-11-5-10-34(2)12-13-35/h3-4,6-9,14-15H,5,10-13,16H2,1-2H3,(H,32,37). The molecule has 6 rings (SSSR count). The number of rotatable bonds is 4. The number of hydrogen-bond acceptors (Lipinski definition) is 8. The number of likely N-dealkylation sites (N-methyl/N-ethyl adjacent to an activating group) is 1. The molecule has 0 unspecified atom stereocenters. The zero-order chi connectivity index (χ0) is 26.4. The predicted molar refractivity (Wildman–Crippen MR) is 152 cm³/mol. The van der Waals surface area contributed by atoms with Crippen LogP contribution in [0.15, 0.2) is 64.3 Å². The Morgan fingerprint density at radius 2 is 1.92 bits per heavy atom. The quantitative estimate of drug-likeness (QED) is 0.528. The molecule has 5 heterocycles. The monoisotopic (exact) mass is 519 g/mol. The Morgan fingerprint density at radius 1 is 1.08 bits per heavy atom. The first-order valence-electron chi connectivity index (χ1n) is 12.7. The molecule has 0 bridgehead atoms. The highest BCUT2D eigenvalue weighted by Gasteiger charge is 2.45. The first-order valence-corrected chi connectivity index (χ1v) is 13.5. The van der Waals surface area contributed by atoms with Gasteiger partial charge in [-0.25, -0.2) is 4.98 Å². The van der Waals surface area contributed by atoms with Crippen molar-refractivity contribution in [1.82, 2.24) is 25.2 Å². The minimum atomic E-state index is -1.54. The molecule has 1 saturated heterocycles. The number of aryl methyl sites for hydroxylation is 1. The van der Waals surface area contributed by atoms with Crippen LogP contribution in [0.1, 0.15) is 23.4 Å². The van der Waals surface area contributed by atoms with Crippen LogP contribution in [0.4, 0.5) is 17.3 Å². The average Bonchev–Trinajstić information content (AvgIpc) is 3.14. The number of nitrogens with zero attached hydrogens (tertiary/aromatic N) is 6. The molecule has 0 atom stereocenters. The third kappa shape index (κ3) is 4.37. The summed E-state index contributed by atoms with van der Waals surface area (Å²) < 4.78 is 0. The number of thioether (sulfide) groups is 1. The molecule has 188 valence electrons. The van der Waals surface area contributed by atoms with Crippen LogP contribution in [0.25, 0.3) is 0 Å². The number of aromatic nitrogens is 3. The summed E-state index contributed by atoms with van der Waals surface area (Å²) in [6, 6.07) is 11.9. The molecule has 3 aliphatic heterocycles. The molecular formula is C27H27B2N7OS. The van der Waals surface area contributed by atoms with E-state index in [2.05, 4.69) is 32.1 Å². The van der Waals surface area contributed by atoms with Crippen molar-refractivity contribution < 1.29 is 4.79 Å². The maximum absolute atomic E-state index is 13.7. The molecule has 3 aromatic rings. The van der Waals surface area contributed by atoms with Crippen molar-refractivity contribution in [3.8, 4) is 0 Å². The maximum atomic E-state index is 13.7. The third-order valence-electron chi connectivity index (χ3n) is 7.20. The fourth-order valence-corrected chi connectivity index (χ4v) is 6.37. The Bertz CT molecular complexity index is 1430. The van der Waals surface area contributed by atoms with Crippen LogP contribution in [0.3, 0.4) is 0 Å². The van der Waals surface area contributed by atoms with Crippen LogP contribution < -0.4 is 15.1 Å². The van der Waals surface area contributed by atoms with Gasteiger partial charge >= 0.3 is 0 Å². The van der Waals surface area contributed by atoms with E-state index in [4.69, 9.17) is 20.7 Å². The van der Waals surface area contributed by atoms with Crippen molar-refractivity contribution >= 4 is 50.7 Å². The summed E-state index contributed by atoms with van der Waals surface area (Å²) in [5, 5.41) is 2.09. The Morgan fingerprint density at radius 3 is 2.74 bits per heavy atom. The number of pyridine rings is 1. The molecule has 0 spiro atoms. The smallest absolute Gasteiger partial charge is 0.249 e. The van der Waals surface area contributed by atoms with E-state index in [0.717, 1.165) is 54.7 Å². The van der Waals surface area contributed by atoms with Gasteiger partial charge in [0.25, 0.3) is 0 Å². The first kappa shape index (κ1) is 25.0. The number of carbonyl (C=O) groups is 1. The lowest BCUT2D eigenvalue weighted by Crippen LogP contribution is -2.45. The Labute approximate surface area is 229 Å². The first-order chi connectivity index (χ1) is 18.3. The molecule has 2 aromatic heterocycles. The summed E-state index contributed by atoms with van der Waals surface area (Å²) in [5.41, 5.74) is 3.33. The van der Waals surface area contributed by atoms with Crippen LogP contribution in [-0.4, -0.2) is 74.7 Å². The Balaban J connectivity index is 1.40. The van der Waals surface area contributed by atoms with Gasteiger partial charge in [0, 0.05) is 36.3 Å². The van der Waals surface area contributed by atoms with Crippen LogP contribution >= 0.6 is 11.8 Å². The van der Waals surface area contributed by atoms with E-state index in [0.29, 0.717) is 27.7 Å². The second-order valence-electron chi connectivity index (χ2n) is 9.97. The summed E-state index contributed by atoms with van der Waals surface area (Å²) in [5.74, 6) is 1.20. The van der Waals surface area contributed by atoms with Gasteiger partial charge in [-0.2, -0.15) is 0 Å². The van der Waals surface area contributed by atoms with Gasteiger partial charge in [0.15, 0.2) is 0 Å². The molecule has 8 nitrogen and oxygen atoms in total. The lowest BCUT2D eigenvalue weighted by atomic mass is 9.46. The van der Waals surface area contributed by atoms with Crippen molar-refractivity contribution in [3.05, 3.63) is 76.3 Å². The van der Waals surface area contributed by atoms with Gasteiger partial charge in [0.1, 0.15) is 11.6 Å². The average molecular weight is 519 g/mol. The molecule has 4 radical (unpaired) electrons. The summed E-state index contributed by atoms with van der Waals surface area (Å²) >= 11 is 1.49. The van der Waals surface area contributed by atoms with Gasteiger partial charge in [-0.1, -0.05) is 30.0 Å². The van der Waals surface area contributed by atoms with Gasteiger partial charge in [-0.3, -0.25) is 19.7 Å². The van der Waals surface area contributed by atoms with Gasteiger partial charge in [-0.15, -0.1) is 0 Å². The highest BCUT2D eigenvalue weighted by atomic mass is 32.2. The molecule has 11 heteroatoms. The zero-order valence-electron chi connectivity index (χ0n) is 21.5. The van der Waals surface area contributed by atoms with Gasteiger partial charge in [-0.05, 0) is 55.9 Å². The summed E-state index contributed by atoms with van der Waals surface area (Å²) in [6.07, 6.45) is 4.39. The number of fused-ring (bicyclic) bond motifs is 5. The van der Waals surface area contributed by atoms with E-state index in [9.17, 15) is 4.79 Å². The van der Waals surface area contributed by atoms with E-state index in [1.165, 1.54) is 11.8 Å². The SMILES string of the molecule is [B]C1([B])C(C(=O)NCc2cnc(C)cn2)=C2Sc3ccccc3N2c2nc(N3CCCN(C)CC3)ccc21. The number of hydrogen-bond donors (Lipinski definition) is 1. The highest BCUT2D eigenvalue weighted by molar-refractivity contribution is 8.03. The largest absolute Gasteiger partial charge is 0.355 e. The van der Waals surface area contributed by atoms with Crippen LogP contribution in [-0.2, 0) is 16.6 Å². The lowest BCUT2D eigenvalue weighted by molar-refractivity contribution is -0.117. The molecule has 0 saturated carbocycles. The fourth-order valence-electron chi connectivity index (χ4n) is 5.11. The van der Waals surface area contributed by atoms with Gasteiger partial charge in [0.05, 0.1) is 50.5 Å². The third-order valence-corrected chi connectivity index (χ3v) is 8.34. The topological polar surface area (TPSA) is 77.5 Å². The summed E-state index contributed by atoms with van der Waals surface area (Å²) in [4.78, 5) is 35.1. The zero-order valence-corrected chi connectivity index (χ0v) is 22.3. The van der Waals surface area contributed by atoms with E-state index in [-0.39, 0.29) is 12.5 Å². The van der Waals surface area contributed by atoms with Crippen molar-refractivity contribution in [2.75, 3.05) is 43.0 Å². The van der Waals surface area contributed by atoms with Crippen molar-refractivity contribution in [2.45, 2.75) is 30.0 Å². The minimum Gasteiger partial charge on any atom is -0.355 e. The molecule has 1 amide bonds. The van der Waals surface area contributed by atoms with Gasteiger partial charge in [0.2, 0.25) is 5.91 Å². The normalized spacial score (nSPS) is 18.5. The molecule has 0 aliphatic carbocycles. The fraction of sp³-hybridized carbons (Fsp3) is 0.333. The summed E-state index contributed by atoms with van der Waals surface area (Å²) in [6.45, 7) is 5.93. The molecule has 1 aromatic carbocycles. The van der Waals surface area contributed by atoms with Crippen LogP contribution in [0.2, 0.25) is 0 Å². The van der Waals surface area contributed by atoms with Crippen LogP contribution in [0, 0.1) is 6.92 Å². The molecular weight excluding hydrogens is 492 g/mol. The summed E-state index contributed by atoms with van der Waals surface area (Å²) in [7, 11) is 15.8. The van der Waals surface area contributed by atoms with Crippen molar-refractivity contribution in [1.29, 1.82) is 0 Å². The Hall–Kier alpha value is -3.30. The number of anilines is 3. The molecule has 3 aliphatic rings. The van der Waals surface area contributed by atoms with Crippen molar-refractivity contribution in [2.24, 2.45) is 0 Å². The second kappa shape index (κ2) is 9.78. The lowest BCUT2D eigenvalue weighted by Gasteiger charge is -2.40.